The minimum atomic E-state index is -0.571. The summed E-state index contributed by atoms with van der Waals surface area (Å²) in [5.41, 5.74) is 1.85. The first kappa shape index (κ1) is 13.5. The highest BCUT2D eigenvalue weighted by atomic mass is 16.5. The molecule has 0 aromatic carbocycles. The number of Topliss-reactive ketones (excluding diaryl/α,β-unsaturated/α-hetero) is 1. The molecule has 1 heterocycles. The third-order valence-corrected chi connectivity index (χ3v) is 3.35. The first-order chi connectivity index (χ1) is 9.11. The van der Waals surface area contributed by atoms with Gasteiger partial charge in [0.2, 0.25) is 0 Å². The van der Waals surface area contributed by atoms with Crippen LogP contribution in [0.3, 0.4) is 0 Å². The van der Waals surface area contributed by atoms with E-state index in [1.165, 1.54) is 7.11 Å². The van der Waals surface area contributed by atoms with Gasteiger partial charge in [0, 0.05) is 18.3 Å². The van der Waals surface area contributed by atoms with Crippen molar-refractivity contribution in [2.45, 2.75) is 26.2 Å². The average molecular weight is 259 g/mol. The monoisotopic (exact) mass is 259 g/mol. The van der Waals surface area contributed by atoms with Gasteiger partial charge >= 0.3 is 5.97 Å². The van der Waals surface area contributed by atoms with Crippen LogP contribution in [0.4, 0.5) is 0 Å². The molecule has 1 aliphatic rings. The Kier molecular flexibility index (Phi) is 4.10. The first-order valence-corrected chi connectivity index (χ1v) is 6.37. The fourth-order valence-electron chi connectivity index (χ4n) is 2.05. The van der Waals surface area contributed by atoms with E-state index in [4.69, 9.17) is 4.74 Å². The van der Waals surface area contributed by atoms with Crippen molar-refractivity contribution in [2.75, 3.05) is 7.11 Å². The van der Waals surface area contributed by atoms with Crippen molar-refractivity contribution < 1.29 is 14.3 Å². The Balaban J connectivity index is 2.31. The van der Waals surface area contributed by atoms with Crippen LogP contribution in [0.25, 0.3) is 6.08 Å². The lowest BCUT2D eigenvalue weighted by Crippen LogP contribution is -2.27. The van der Waals surface area contributed by atoms with E-state index in [0.717, 1.165) is 30.4 Å². The minimum Gasteiger partial charge on any atom is -0.465 e. The lowest BCUT2D eigenvalue weighted by atomic mass is 9.79. The van der Waals surface area contributed by atoms with Crippen molar-refractivity contribution in [1.82, 2.24) is 4.98 Å². The normalized spacial score (nSPS) is 15.8. The van der Waals surface area contributed by atoms with Crippen LogP contribution in [-0.2, 0) is 14.3 Å². The third kappa shape index (κ3) is 3.08. The fourth-order valence-corrected chi connectivity index (χ4v) is 2.05. The molecule has 1 aromatic heterocycles. The summed E-state index contributed by atoms with van der Waals surface area (Å²) in [5, 5.41) is 0. The fraction of sp³-hybridized carbons (Fsp3) is 0.400. The summed E-state index contributed by atoms with van der Waals surface area (Å²) in [6, 6.07) is 1.88. The zero-order valence-electron chi connectivity index (χ0n) is 11.2. The number of ether oxygens (including phenoxy) is 1. The van der Waals surface area contributed by atoms with Crippen molar-refractivity contribution in [2.24, 2.45) is 5.92 Å². The number of hydrogen-bond donors (Lipinski definition) is 0. The molecular weight excluding hydrogens is 242 g/mol. The Morgan fingerprint density at radius 2 is 2.11 bits per heavy atom. The van der Waals surface area contributed by atoms with Gasteiger partial charge in [-0.1, -0.05) is 6.42 Å². The van der Waals surface area contributed by atoms with E-state index < -0.39 is 5.97 Å². The van der Waals surface area contributed by atoms with Gasteiger partial charge in [0.25, 0.3) is 0 Å². The summed E-state index contributed by atoms with van der Waals surface area (Å²) in [5.74, 6) is -0.707. The highest BCUT2D eigenvalue weighted by Gasteiger charge is 2.31. The van der Waals surface area contributed by atoms with E-state index in [0.29, 0.717) is 0 Å². The van der Waals surface area contributed by atoms with Gasteiger partial charge < -0.3 is 4.74 Å². The second-order valence-electron chi connectivity index (χ2n) is 4.84. The molecule has 0 spiro atoms. The second-order valence-corrected chi connectivity index (χ2v) is 4.84. The van der Waals surface area contributed by atoms with Crippen LogP contribution in [0.2, 0.25) is 0 Å². The molecule has 0 atom stereocenters. The van der Waals surface area contributed by atoms with Gasteiger partial charge in [-0.3, -0.25) is 9.78 Å². The minimum absolute atomic E-state index is 0.0249. The molecule has 4 nitrogen and oxygen atoms in total. The highest BCUT2D eigenvalue weighted by Crippen LogP contribution is 2.30. The van der Waals surface area contributed by atoms with Gasteiger partial charge in [-0.2, -0.15) is 0 Å². The van der Waals surface area contributed by atoms with Crippen LogP contribution in [0, 0.1) is 12.8 Å². The number of ketones is 1. The summed E-state index contributed by atoms with van der Waals surface area (Å²) in [4.78, 5) is 28.0. The number of aromatic nitrogens is 1. The Morgan fingerprint density at radius 3 is 2.63 bits per heavy atom. The molecule has 2 rings (SSSR count). The lowest BCUT2D eigenvalue weighted by Gasteiger charge is -2.24. The molecule has 100 valence electrons. The predicted octanol–water partition coefficient (Wildman–Crippen LogP) is 2.32. The molecule has 0 bridgehead atoms. The van der Waals surface area contributed by atoms with E-state index >= 15 is 0 Å². The van der Waals surface area contributed by atoms with Gasteiger partial charge in [-0.25, -0.2) is 4.79 Å². The maximum Gasteiger partial charge on any atom is 0.341 e. The molecule has 1 fully saturated rings. The smallest absolute Gasteiger partial charge is 0.341 e. The van der Waals surface area contributed by atoms with Crippen molar-refractivity contribution in [1.29, 1.82) is 0 Å². The summed E-state index contributed by atoms with van der Waals surface area (Å²) < 4.78 is 4.71. The number of carbonyl (C=O) groups excluding carboxylic acids is 2. The van der Waals surface area contributed by atoms with E-state index in [1.807, 2.05) is 13.0 Å². The Morgan fingerprint density at radius 1 is 1.37 bits per heavy atom. The van der Waals surface area contributed by atoms with E-state index in [1.54, 1.807) is 18.5 Å². The summed E-state index contributed by atoms with van der Waals surface area (Å²) in [7, 11) is 1.29. The van der Waals surface area contributed by atoms with Crippen molar-refractivity contribution >= 4 is 17.8 Å². The molecule has 4 heteroatoms. The number of pyridine rings is 1. The van der Waals surface area contributed by atoms with Crippen LogP contribution in [-0.4, -0.2) is 23.8 Å². The molecule has 0 aliphatic heterocycles. The standard InChI is InChI=1S/C15H17NO3/c1-10-6-11(9-16-8-10)7-13(15(18)19-2)14(17)12-4-3-5-12/h6-9,12H,3-5H2,1-2H3/b13-7-. The van der Waals surface area contributed by atoms with Crippen molar-refractivity contribution in [3.05, 3.63) is 35.2 Å². The van der Waals surface area contributed by atoms with Gasteiger partial charge in [0.15, 0.2) is 5.78 Å². The van der Waals surface area contributed by atoms with Gasteiger partial charge in [0.05, 0.1) is 7.11 Å². The molecule has 1 saturated carbocycles. The van der Waals surface area contributed by atoms with Gasteiger partial charge in [-0.15, -0.1) is 0 Å². The Hall–Kier alpha value is -1.97. The summed E-state index contributed by atoms with van der Waals surface area (Å²) >= 11 is 0. The predicted molar refractivity (Wildman–Crippen MR) is 71.3 cm³/mol. The quantitative estimate of drug-likeness (QED) is 0.360. The van der Waals surface area contributed by atoms with Gasteiger partial charge in [-0.05, 0) is 43.0 Å². The van der Waals surface area contributed by atoms with Crippen LogP contribution in [0.5, 0.6) is 0 Å². The summed E-state index contributed by atoms with van der Waals surface area (Å²) in [6.07, 6.45) is 7.70. The Bertz CT molecular complexity index is 530. The van der Waals surface area contributed by atoms with Crippen molar-refractivity contribution in [3.63, 3.8) is 0 Å². The zero-order valence-corrected chi connectivity index (χ0v) is 11.2. The van der Waals surface area contributed by atoms with Gasteiger partial charge in [0.1, 0.15) is 5.57 Å². The largest absolute Gasteiger partial charge is 0.465 e. The van der Waals surface area contributed by atoms with Crippen molar-refractivity contribution in [3.8, 4) is 0 Å². The highest BCUT2D eigenvalue weighted by molar-refractivity contribution is 6.21. The molecule has 0 N–H and O–H groups in total. The molecule has 0 unspecified atom stereocenters. The molecule has 0 radical (unpaired) electrons. The van der Waals surface area contributed by atoms with Crippen LogP contribution in [0.15, 0.2) is 24.0 Å². The van der Waals surface area contributed by atoms with E-state index in [2.05, 4.69) is 4.98 Å². The zero-order chi connectivity index (χ0) is 13.8. The number of nitrogens with zero attached hydrogens (tertiary/aromatic N) is 1. The third-order valence-electron chi connectivity index (χ3n) is 3.35. The number of methoxy groups -OCH3 is 1. The Labute approximate surface area is 112 Å². The van der Waals surface area contributed by atoms with E-state index in [9.17, 15) is 9.59 Å². The first-order valence-electron chi connectivity index (χ1n) is 6.37. The number of esters is 1. The number of carbonyl (C=O) groups is 2. The molecular formula is C15H17NO3. The molecule has 0 amide bonds. The molecule has 19 heavy (non-hydrogen) atoms. The SMILES string of the molecule is COC(=O)/C(=C\c1cncc(C)c1)C(=O)C1CCC1. The van der Waals surface area contributed by atoms with Crippen LogP contribution in [0.1, 0.15) is 30.4 Å². The molecule has 1 aromatic rings. The number of rotatable bonds is 4. The van der Waals surface area contributed by atoms with Crippen LogP contribution < -0.4 is 0 Å². The molecule has 1 aliphatic carbocycles. The summed E-state index contributed by atoms with van der Waals surface area (Å²) in [6.45, 7) is 1.91. The topological polar surface area (TPSA) is 56.3 Å². The lowest BCUT2D eigenvalue weighted by molar-refractivity contribution is -0.138. The van der Waals surface area contributed by atoms with E-state index in [-0.39, 0.29) is 17.3 Å². The maximum absolute atomic E-state index is 12.2. The average Bonchev–Trinajstić information content (AvgIpc) is 2.33. The maximum atomic E-state index is 12.2. The number of hydrogen-bond acceptors (Lipinski definition) is 4. The number of aryl methyl sites for hydroxylation is 1. The van der Waals surface area contributed by atoms with Crippen LogP contribution >= 0.6 is 0 Å². The second kappa shape index (κ2) is 5.78. The molecule has 0 saturated heterocycles.